The Morgan fingerprint density at radius 3 is 2.21 bits per heavy atom. The summed E-state index contributed by atoms with van der Waals surface area (Å²) >= 11 is 0. The van der Waals surface area contributed by atoms with Crippen molar-refractivity contribution in [1.29, 1.82) is 0 Å². The van der Waals surface area contributed by atoms with E-state index in [1.165, 1.54) is 18.4 Å². The molecule has 0 radical (unpaired) electrons. The number of amides is 4. The third-order valence-corrected chi connectivity index (χ3v) is 11.4. The number of aryl methyl sites for hydroxylation is 1. The first-order chi connectivity index (χ1) is 25.3. The number of piperazine rings is 1. The Morgan fingerprint density at radius 1 is 0.846 bits per heavy atom. The molecule has 3 atom stereocenters. The second-order valence-corrected chi connectivity index (χ2v) is 14.8. The van der Waals surface area contributed by atoms with Gasteiger partial charge in [-0.25, -0.2) is 0 Å². The molecular weight excluding hydrogens is 654 g/mol. The number of carbonyl (C=O) groups excluding carboxylic acids is 4. The molecule has 11 heteroatoms. The van der Waals surface area contributed by atoms with Gasteiger partial charge < -0.3 is 20.9 Å². The van der Waals surface area contributed by atoms with Crippen LogP contribution in [0.5, 0.6) is 0 Å². The van der Waals surface area contributed by atoms with Crippen molar-refractivity contribution in [3.05, 3.63) is 89.2 Å². The summed E-state index contributed by atoms with van der Waals surface area (Å²) in [6, 6.07) is 19.2. The van der Waals surface area contributed by atoms with Crippen molar-refractivity contribution < 1.29 is 19.2 Å². The van der Waals surface area contributed by atoms with Gasteiger partial charge in [0, 0.05) is 70.9 Å². The molecular formula is C41H55N7O4. The van der Waals surface area contributed by atoms with Gasteiger partial charge in [0.2, 0.25) is 17.7 Å². The first kappa shape index (κ1) is 37.3. The van der Waals surface area contributed by atoms with E-state index in [9.17, 15) is 19.2 Å². The number of aromatic nitrogens is 2. The van der Waals surface area contributed by atoms with Crippen molar-refractivity contribution in [1.82, 2.24) is 35.5 Å². The maximum absolute atomic E-state index is 14.0. The van der Waals surface area contributed by atoms with Crippen LogP contribution in [0, 0.1) is 11.3 Å². The Labute approximate surface area is 307 Å². The number of nitrogens with zero attached hydrogens (tertiary/aromatic N) is 4. The lowest BCUT2D eigenvalue weighted by Gasteiger charge is -2.36. The second kappa shape index (κ2) is 17.3. The SMILES string of the molecule is CCC(=O)N[C@H](Cc1ccc(CNC(=O)[C@]2(C3CCCCCC3)CC2NC(=O)c2ccnn2CC)cc1)C(=O)N1CCN(Cc2ccccc2)CC1. The summed E-state index contributed by atoms with van der Waals surface area (Å²) in [5.41, 5.74) is 3.07. The summed E-state index contributed by atoms with van der Waals surface area (Å²) in [7, 11) is 0. The number of benzene rings is 2. The molecule has 52 heavy (non-hydrogen) atoms. The summed E-state index contributed by atoms with van der Waals surface area (Å²) < 4.78 is 1.68. The molecule has 1 aliphatic heterocycles. The van der Waals surface area contributed by atoms with Crippen LogP contribution in [-0.2, 0) is 40.4 Å². The van der Waals surface area contributed by atoms with Gasteiger partial charge in [-0.2, -0.15) is 5.10 Å². The van der Waals surface area contributed by atoms with Crippen LogP contribution in [0.3, 0.4) is 0 Å². The van der Waals surface area contributed by atoms with E-state index in [-0.39, 0.29) is 35.6 Å². The molecule has 278 valence electrons. The summed E-state index contributed by atoms with van der Waals surface area (Å²) in [6.07, 6.45) is 9.58. The fraction of sp³-hybridized carbons (Fsp3) is 0.537. The van der Waals surface area contributed by atoms with Crippen LogP contribution in [0.1, 0.15) is 92.4 Å². The van der Waals surface area contributed by atoms with Gasteiger partial charge in [0.1, 0.15) is 11.7 Å². The number of rotatable bonds is 14. The van der Waals surface area contributed by atoms with E-state index in [0.717, 1.165) is 56.4 Å². The first-order valence-corrected chi connectivity index (χ1v) is 19.3. The van der Waals surface area contributed by atoms with Crippen LogP contribution < -0.4 is 16.0 Å². The minimum atomic E-state index is -0.643. The molecule has 6 rings (SSSR count). The molecule has 3 aromatic rings. The molecule has 1 unspecified atom stereocenters. The van der Waals surface area contributed by atoms with Crippen molar-refractivity contribution in [3.63, 3.8) is 0 Å². The van der Waals surface area contributed by atoms with Crippen molar-refractivity contribution in [2.24, 2.45) is 11.3 Å². The highest BCUT2D eigenvalue weighted by Gasteiger charge is 2.64. The molecule has 2 aliphatic carbocycles. The largest absolute Gasteiger partial charge is 0.351 e. The number of carbonyl (C=O) groups is 4. The average Bonchev–Trinajstić information content (AvgIpc) is 3.79. The van der Waals surface area contributed by atoms with Crippen LogP contribution in [0.15, 0.2) is 66.9 Å². The van der Waals surface area contributed by atoms with Gasteiger partial charge in [-0.05, 0) is 54.9 Å². The minimum Gasteiger partial charge on any atom is -0.351 e. The van der Waals surface area contributed by atoms with E-state index >= 15 is 0 Å². The van der Waals surface area contributed by atoms with Gasteiger partial charge >= 0.3 is 0 Å². The Balaban J connectivity index is 1.05. The summed E-state index contributed by atoms with van der Waals surface area (Å²) in [4.78, 5) is 57.7. The zero-order valence-corrected chi connectivity index (χ0v) is 30.8. The predicted molar refractivity (Wildman–Crippen MR) is 200 cm³/mol. The fourth-order valence-electron chi connectivity index (χ4n) is 8.21. The smallest absolute Gasteiger partial charge is 0.269 e. The summed E-state index contributed by atoms with van der Waals surface area (Å²) in [5.74, 6) is -0.131. The third-order valence-electron chi connectivity index (χ3n) is 11.4. The topological polar surface area (TPSA) is 129 Å². The maximum Gasteiger partial charge on any atom is 0.269 e. The summed E-state index contributed by atoms with van der Waals surface area (Å²) in [5, 5.41) is 13.6. The van der Waals surface area contributed by atoms with Crippen LogP contribution in [0.2, 0.25) is 0 Å². The summed E-state index contributed by atoms with van der Waals surface area (Å²) in [6.45, 7) is 8.40. The quantitative estimate of drug-likeness (QED) is 0.212. The van der Waals surface area contributed by atoms with Crippen molar-refractivity contribution in [2.75, 3.05) is 26.2 Å². The van der Waals surface area contributed by atoms with E-state index < -0.39 is 11.5 Å². The molecule has 4 amide bonds. The van der Waals surface area contributed by atoms with E-state index in [2.05, 4.69) is 38.1 Å². The highest BCUT2D eigenvalue weighted by atomic mass is 16.2. The van der Waals surface area contributed by atoms with Gasteiger partial charge in [-0.1, -0.05) is 87.2 Å². The van der Waals surface area contributed by atoms with Crippen LogP contribution in [0.4, 0.5) is 0 Å². The lowest BCUT2D eigenvalue weighted by Crippen LogP contribution is -2.55. The standard InChI is InChI=1S/C41H55N7O4/c1-3-37(49)44-34(39(51)47-24-22-46(23-25-47)29-32-12-8-7-9-13-32)26-30-16-18-31(19-17-30)28-42-40(52)41(33-14-10-5-6-11-15-33)27-36(41)45-38(50)35-20-21-43-48(35)4-2/h7-9,12-13,16-21,33-34,36H,3-6,10-11,14-15,22-29H2,1-2H3,(H,42,52)(H,44,49)(H,45,50)/t34-,36?,41+/m1/s1. The van der Waals surface area contributed by atoms with Crippen molar-refractivity contribution in [3.8, 4) is 0 Å². The zero-order chi connectivity index (χ0) is 36.5. The van der Waals surface area contributed by atoms with Crippen molar-refractivity contribution >= 4 is 23.6 Å². The molecule has 2 saturated carbocycles. The Morgan fingerprint density at radius 2 is 1.54 bits per heavy atom. The van der Waals surface area contributed by atoms with E-state index in [0.29, 0.717) is 51.1 Å². The third kappa shape index (κ3) is 8.92. The van der Waals surface area contributed by atoms with Gasteiger partial charge in [0.25, 0.3) is 5.91 Å². The zero-order valence-electron chi connectivity index (χ0n) is 30.8. The predicted octanol–water partition coefficient (Wildman–Crippen LogP) is 4.46. The molecule has 3 aliphatic rings. The van der Waals surface area contributed by atoms with E-state index in [1.54, 1.807) is 23.9 Å². The molecule has 3 fully saturated rings. The van der Waals surface area contributed by atoms with Gasteiger partial charge in [-0.15, -0.1) is 0 Å². The number of hydrogen-bond donors (Lipinski definition) is 3. The molecule has 11 nitrogen and oxygen atoms in total. The molecule has 2 aromatic carbocycles. The van der Waals surface area contributed by atoms with Gasteiger partial charge in [-0.3, -0.25) is 28.8 Å². The number of hydrogen-bond acceptors (Lipinski definition) is 6. The lowest BCUT2D eigenvalue weighted by molar-refractivity contribution is -0.138. The molecule has 3 N–H and O–H groups in total. The first-order valence-electron chi connectivity index (χ1n) is 19.3. The highest BCUT2D eigenvalue weighted by molar-refractivity contribution is 5.95. The van der Waals surface area contributed by atoms with Crippen molar-refractivity contribution in [2.45, 2.75) is 103 Å². The lowest BCUT2D eigenvalue weighted by atomic mass is 9.81. The molecule has 1 saturated heterocycles. The minimum absolute atomic E-state index is 0.00887. The van der Waals surface area contributed by atoms with Crippen LogP contribution >= 0.6 is 0 Å². The fourth-order valence-corrected chi connectivity index (χ4v) is 8.21. The average molecular weight is 710 g/mol. The second-order valence-electron chi connectivity index (χ2n) is 14.8. The molecule has 2 heterocycles. The van der Waals surface area contributed by atoms with Crippen LogP contribution in [0.25, 0.3) is 0 Å². The van der Waals surface area contributed by atoms with Crippen LogP contribution in [-0.4, -0.2) is 81.5 Å². The van der Waals surface area contributed by atoms with Gasteiger partial charge in [0.05, 0.1) is 5.41 Å². The van der Waals surface area contributed by atoms with E-state index in [4.69, 9.17) is 0 Å². The monoisotopic (exact) mass is 709 g/mol. The van der Waals surface area contributed by atoms with Gasteiger partial charge in [0.15, 0.2) is 0 Å². The Kier molecular flexibility index (Phi) is 12.4. The molecule has 1 aromatic heterocycles. The molecule has 0 bridgehead atoms. The Hall–Kier alpha value is -4.51. The maximum atomic E-state index is 14.0. The Bertz CT molecular complexity index is 1660. The van der Waals surface area contributed by atoms with E-state index in [1.807, 2.05) is 54.3 Å². The molecule has 0 spiro atoms. The highest BCUT2D eigenvalue weighted by Crippen LogP contribution is 2.56. The number of nitrogens with one attached hydrogen (secondary N) is 3. The normalized spacial score (nSPS) is 21.5.